The van der Waals surface area contributed by atoms with Gasteiger partial charge in [0.2, 0.25) is 5.91 Å². The van der Waals surface area contributed by atoms with Crippen LogP contribution >= 0.6 is 24.0 Å². The van der Waals surface area contributed by atoms with Gasteiger partial charge in [-0.2, -0.15) is 0 Å². The van der Waals surface area contributed by atoms with Gasteiger partial charge in [-0.15, -0.1) is 12.4 Å². The van der Waals surface area contributed by atoms with Gasteiger partial charge in [-0.1, -0.05) is 36.7 Å². The molecule has 0 aliphatic heterocycles. The fourth-order valence-electron chi connectivity index (χ4n) is 2.38. The molecule has 0 aliphatic rings. The first-order chi connectivity index (χ1) is 12.2. The predicted octanol–water partition coefficient (Wildman–Crippen LogP) is 3.67. The Balaban J connectivity index is 0.00000364. The maximum atomic E-state index is 12.8. The highest BCUT2D eigenvalue weighted by molar-refractivity contribution is 7.92. The Morgan fingerprint density at radius 3 is 2.48 bits per heavy atom. The third kappa shape index (κ3) is 6.10. The number of benzene rings is 2. The molecule has 0 saturated carbocycles. The maximum absolute atomic E-state index is 12.8. The van der Waals surface area contributed by atoms with Gasteiger partial charge < -0.3 is 10.6 Å². The second-order valence-corrected chi connectivity index (χ2v) is 8.07. The summed E-state index contributed by atoms with van der Waals surface area (Å²) in [6, 6.07) is 11.4. The SMILES string of the molecule is CNCC(C)C(=O)Nc1ccc(C)c(S(=O)(=O)Nc2ccccc2Cl)c1.Cl. The number of carbonyl (C=O) groups excluding carboxylic acids is 1. The Bertz CT molecular complexity index is 904. The summed E-state index contributed by atoms with van der Waals surface area (Å²) in [7, 11) is -2.09. The highest BCUT2D eigenvalue weighted by Crippen LogP contribution is 2.27. The van der Waals surface area contributed by atoms with Crippen LogP contribution in [-0.2, 0) is 14.8 Å². The first kappa shape index (κ1) is 23.2. The minimum absolute atomic E-state index is 0. The number of sulfonamides is 1. The maximum Gasteiger partial charge on any atom is 0.262 e. The molecule has 1 unspecified atom stereocenters. The van der Waals surface area contributed by atoms with Gasteiger partial charge >= 0.3 is 0 Å². The Kier molecular flexibility index (Phi) is 8.56. The molecule has 9 heteroatoms. The van der Waals surface area contributed by atoms with Gasteiger partial charge in [0, 0.05) is 18.2 Å². The van der Waals surface area contributed by atoms with Crippen LogP contribution in [0.5, 0.6) is 0 Å². The zero-order valence-corrected chi connectivity index (χ0v) is 17.6. The summed E-state index contributed by atoms with van der Waals surface area (Å²) in [5.41, 5.74) is 1.28. The van der Waals surface area contributed by atoms with Crippen molar-refractivity contribution >= 4 is 51.3 Å². The van der Waals surface area contributed by atoms with Crippen molar-refractivity contribution in [3.8, 4) is 0 Å². The molecule has 0 aromatic heterocycles. The van der Waals surface area contributed by atoms with E-state index in [-0.39, 0.29) is 29.1 Å². The number of aryl methyl sites for hydroxylation is 1. The summed E-state index contributed by atoms with van der Waals surface area (Å²) in [4.78, 5) is 12.2. The Hall–Kier alpha value is -1.80. The summed E-state index contributed by atoms with van der Waals surface area (Å²) in [5.74, 6) is -0.437. The van der Waals surface area contributed by atoms with E-state index < -0.39 is 10.0 Å². The van der Waals surface area contributed by atoms with Crippen molar-refractivity contribution in [1.82, 2.24) is 5.32 Å². The first-order valence-corrected chi connectivity index (χ1v) is 9.94. The van der Waals surface area contributed by atoms with E-state index in [9.17, 15) is 13.2 Å². The molecule has 2 aromatic carbocycles. The number of rotatable bonds is 7. The zero-order valence-electron chi connectivity index (χ0n) is 15.2. The zero-order chi connectivity index (χ0) is 19.3. The molecule has 2 aromatic rings. The van der Waals surface area contributed by atoms with Gasteiger partial charge in [-0.05, 0) is 43.8 Å². The van der Waals surface area contributed by atoms with Crippen LogP contribution in [-0.4, -0.2) is 27.9 Å². The molecule has 3 N–H and O–H groups in total. The molecular weight excluding hydrogens is 409 g/mol. The lowest BCUT2D eigenvalue weighted by molar-refractivity contribution is -0.119. The smallest absolute Gasteiger partial charge is 0.262 e. The second kappa shape index (κ2) is 9.94. The van der Waals surface area contributed by atoms with Crippen molar-refractivity contribution in [3.63, 3.8) is 0 Å². The molecule has 2 rings (SSSR count). The van der Waals surface area contributed by atoms with Gasteiger partial charge in [-0.3, -0.25) is 9.52 Å². The van der Waals surface area contributed by atoms with Crippen LogP contribution < -0.4 is 15.4 Å². The number of hydrogen-bond donors (Lipinski definition) is 3. The number of carbonyl (C=O) groups is 1. The summed E-state index contributed by atoms with van der Waals surface area (Å²) < 4.78 is 28.0. The second-order valence-electron chi connectivity index (χ2n) is 6.01. The Morgan fingerprint density at radius 2 is 1.85 bits per heavy atom. The summed E-state index contributed by atoms with van der Waals surface area (Å²) in [5, 5.41) is 5.98. The third-order valence-corrected chi connectivity index (χ3v) is 5.66. The average Bonchev–Trinajstić information content (AvgIpc) is 2.58. The van der Waals surface area contributed by atoms with Gasteiger partial charge in [0.05, 0.1) is 15.6 Å². The summed E-state index contributed by atoms with van der Waals surface area (Å²) in [6.45, 7) is 4.00. The lowest BCUT2D eigenvalue weighted by Gasteiger charge is -2.15. The van der Waals surface area contributed by atoms with E-state index in [1.165, 1.54) is 6.07 Å². The van der Waals surface area contributed by atoms with E-state index >= 15 is 0 Å². The van der Waals surface area contributed by atoms with Crippen molar-refractivity contribution in [2.45, 2.75) is 18.7 Å². The lowest BCUT2D eigenvalue weighted by Crippen LogP contribution is -2.28. The van der Waals surface area contributed by atoms with E-state index in [2.05, 4.69) is 15.4 Å². The minimum Gasteiger partial charge on any atom is -0.326 e. The standard InChI is InChI=1S/C18H22ClN3O3S.ClH/c1-12-8-9-14(21-18(23)13(2)11-20-3)10-17(12)26(24,25)22-16-7-5-4-6-15(16)19;/h4-10,13,20,22H,11H2,1-3H3,(H,21,23);1H. The fourth-order valence-corrected chi connectivity index (χ4v) is 3.97. The number of anilines is 2. The quantitative estimate of drug-likeness (QED) is 0.623. The van der Waals surface area contributed by atoms with Gasteiger partial charge in [0.1, 0.15) is 0 Å². The molecule has 0 aliphatic carbocycles. The normalized spacial score (nSPS) is 12.0. The molecule has 1 atom stereocenters. The molecule has 0 heterocycles. The van der Waals surface area contributed by atoms with Gasteiger partial charge in [0.25, 0.3) is 10.0 Å². The number of amides is 1. The lowest BCUT2D eigenvalue weighted by atomic mass is 10.1. The molecular formula is C18H23Cl2N3O3S. The highest BCUT2D eigenvalue weighted by Gasteiger charge is 2.20. The van der Waals surface area contributed by atoms with E-state index in [1.54, 1.807) is 57.3 Å². The average molecular weight is 432 g/mol. The first-order valence-electron chi connectivity index (χ1n) is 8.08. The summed E-state index contributed by atoms with van der Waals surface area (Å²) >= 11 is 6.03. The van der Waals surface area contributed by atoms with Crippen LogP contribution in [0.2, 0.25) is 5.02 Å². The van der Waals surface area contributed by atoms with Crippen LogP contribution in [0.3, 0.4) is 0 Å². The monoisotopic (exact) mass is 431 g/mol. The van der Waals surface area contributed by atoms with Crippen molar-refractivity contribution < 1.29 is 13.2 Å². The van der Waals surface area contributed by atoms with E-state index in [1.807, 2.05) is 0 Å². The van der Waals surface area contributed by atoms with Crippen LogP contribution in [0.4, 0.5) is 11.4 Å². The van der Waals surface area contributed by atoms with Gasteiger partial charge in [-0.25, -0.2) is 8.42 Å². The molecule has 0 fully saturated rings. The number of hydrogen-bond acceptors (Lipinski definition) is 4. The van der Waals surface area contributed by atoms with E-state index in [0.29, 0.717) is 28.5 Å². The molecule has 0 spiro atoms. The van der Waals surface area contributed by atoms with Crippen molar-refractivity contribution in [2.75, 3.05) is 23.6 Å². The van der Waals surface area contributed by atoms with Crippen molar-refractivity contribution in [1.29, 1.82) is 0 Å². The van der Waals surface area contributed by atoms with Crippen molar-refractivity contribution in [2.24, 2.45) is 5.92 Å². The highest BCUT2D eigenvalue weighted by atomic mass is 35.5. The largest absolute Gasteiger partial charge is 0.326 e. The molecule has 6 nitrogen and oxygen atoms in total. The molecule has 0 saturated heterocycles. The molecule has 0 radical (unpaired) electrons. The molecule has 27 heavy (non-hydrogen) atoms. The molecule has 148 valence electrons. The van der Waals surface area contributed by atoms with E-state index in [4.69, 9.17) is 11.6 Å². The van der Waals surface area contributed by atoms with Crippen molar-refractivity contribution in [3.05, 3.63) is 53.1 Å². The predicted molar refractivity (Wildman–Crippen MR) is 112 cm³/mol. The van der Waals surface area contributed by atoms with Crippen LogP contribution in [0.15, 0.2) is 47.4 Å². The number of nitrogens with one attached hydrogen (secondary N) is 3. The Labute approximate surface area is 171 Å². The molecule has 0 bridgehead atoms. The number of halogens is 2. The fraction of sp³-hybridized carbons (Fsp3) is 0.278. The topological polar surface area (TPSA) is 87.3 Å². The van der Waals surface area contributed by atoms with Crippen LogP contribution in [0.1, 0.15) is 12.5 Å². The molecule has 1 amide bonds. The van der Waals surface area contributed by atoms with Crippen LogP contribution in [0, 0.1) is 12.8 Å². The third-order valence-electron chi connectivity index (χ3n) is 3.82. The minimum atomic E-state index is -3.85. The van der Waals surface area contributed by atoms with Crippen LogP contribution in [0.25, 0.3) is 0 Å². The number of para-hydroxylation sites is 1. The Morgan fingerprint density at radius 1 is 1.19 bits per heavy atom. The van der Waals surface area contributed by atoms with E-state index in [0.717, 1.165) is 0 Å². The van der Waals surface area contributed by atoms with Gasteiger partial charge in [0.15, 0.2) is 0 Å². The summed E-state index contributed by atoms with van der Waals surface area (Å²) in [6.07, 6.45) is 0.